The minimum atomic E-state index is -0.545. The van der Waals surface area contributed by atoms with Gasteiger partial charge in [0.1, 0.15) is 11.8 Å². The Morgan fingerprint density at radius 2 is 1.96 bits per heavy atom. The van der Waals surface area contributed by atoms with E-state index < -0.39 is 12.1 Å². The third kappa shape index (κ3) is 4.12. The molecule has 1 heterocycles. The summed E-state index contributed by atoms with van der Waals surface area (Å²) in [6.45, 7) is 2.39. The highest BCUT2D eigenvalue weighted by molar-refractivity contribution is 6.31. The van der Waals surface area contributed by atoms with Gasteiger partial charge in [0.05, 0.1) is 0 Å². The van der Waals surface area contributed by atoms with Crippen LogP contribution < -0.4 is 10.1 Å². The molecule has 130 valence electrons. The molecule has 2 aromatic rings. The highest BCUT2D eigenvalue weighted by atomic mass is 35.5. The van der Waals surface area contributed by atoms with Gasteiger partial charge in [-0.25, -0.2) is 4.79 Å². The van der Waals surface area contributed by atoms with Crippen LogP contribution in [0.5, 0.6) is 5.75 Å². The summed E-state index contributed by atoms with van der Waals surface area (Å²) in [6.07, 6.45) is 0.858. The number of hydrogen-bond acceptors (Lipinski definition) is 3. The van der Waals surface area contributed by atoms with E-state index >= 15 is 0 Å². The monoisotopic (exact) mass is 358 g/mol. The number of para-hydroxylation sites is 1. The van der Waals surface area contributed by atoms with Crippen LogP contribution in [0.15, 0.2) is 48.5 Å². The lowest BCUT2D eigenvalue weighted by Gasteiger charge is -2.23. The Bertz CT molecular complexity index is 779. The third-order valence-electron chi connectivity index (χ3n) is 4.18. The molecule has 1 atom stereocenters. The first-order valence-corrected chi connectivity index (χ1v) is 8.53. The van der Waals surface area contributed by atoms with Crippen molar-refractivity contribution in [2.45, 2.75) is 25.8 Å². The van der Waals surface area contributed by atoms with E-state index in [1.165, 1.54) is 4.90 Å². The van der Waals surface area contributed by atoms with Gasteiger partial charge in [0.25, 0.3) is 0 Å². The van der Waals surface area contributed by atoms with Gasteiger partial charge in [-0.05, 0) is 49.6 Å². The van der Waals surface area contributed by atoms with Crippen molar-refractivity contribution in [1.82, 2.24) is 4.90 Å². The molecule has 0 bridgehead atoms. The van der Waals surface area contributed by atoms with Gasteiger partial charge < -0.3 is 10.1 Å². The van der Waals surface area contributed by atoms with Gasteiger partial charge in [0.15, 0.2) is 0 Å². The zero-order chi connectivity index (χ0) is 17.8. The molecule has 0 saturated carbocycles. The standard InChI is InChI=1S/C19H19ClN2O3/c1-13-9-10-14(12-16(13)20)21-18(23)17-8-5-11-22(17)19(24)25-15-6-3-2-4-7-15/h2-4,6-7,9-10,12,17H,5,8,11H2,1H3,(H,21,23)/t17-/m0/s1. The van der Waals surface area contributed by atoms with Crippen molar-refractivity contribution in [3.63, 3.8) is 0 Å². The lowest BCUT2D eigenvalue weighted by atomic mass is 10.2. The lowest BCUT2D eigenvalue weighted by molar-refractivity contribution is -0.119. The number of benzene rings is 2. The van der Waals surface area contributed by atoms with Crippen molar-refractivity contribution in [3.05, 3.63) is 59.1 Å². The molecular weight excluding hydrogens is 340 g/mol. The Morgan fingerprint density at radius 3 is 2.68 bits per heavy atom. The average Bonchev–Trinajstić information content (AvgIpc) is 3.09. The first kappa shape index (κ1) is 17.3. The number of likely N-dealkylation sites (tertiary alicyclic amines) is 1. The molecule has 2 aromatic carbocycles. The minimum absolute atomic E-state index is 0.234. The number of halogens is 1. The van der Waals surface area contributed by atoms with E-state index in [0.29, 0.717) is 29.4 Å². The summed E-state index contributed by atoms with van der Waals surface area (Å²) in [6, 6.07) is 13.6. The largest absolute Gasteiger partial charge is 0.415 e. The van der Waals surface area contributed by atoms with Crippen LogP contribution in [0.2, 0.25) is 5.02 Å². The fourth-order valence-electron chi connectivity index (χ4n) is 2.80. The van der Waals surface area contributed by atoms with Gasteiger partial charge in [-0.15, -0.1) is 0 Å². The van der Waals surface area contributed by atoms with E-state index in [4.69, 9.17) is 16.3 Å². The smallest absolute Gasteiger partial charge is 0.410 e. The SMILES string of the molecule is Cc1ccc(NC(=O)[C@@H]2CCCN2C(=O)Oc2ccccc2)cc1Cl. The molecule has 25 heavy (non-hydrogen) atoms. The predicted molar refractivity (Wildman–Crippen MR) is 97.0 cm³/mol. The zero-order valence-electron chi connectivity index (χ0n) is 13.9. The summed E-state index contributed by atoms with van der Waals surface area (Å²) in [4.78, 5) is 26.4. The molecule has 2 amide bonds. The van der Waals surface area contributed by atoms with Crippen LogP contribution in [0.3, 0.4) is 0 Å². The van der Waals surface area contributed by atoms with Crippen LogP contribution in [0.4, 0.5) is 10.5 Å². The number of aryl methyl sites for hydroxylation is 1. The van der Waals surface area contributed by atoms with Crippen LogP contribution in [0.1, 0.15) is 18.4 Å². The minimum Gasteiger partial charge on any atom is -0.410 e. The molecule has 0 aliphatic carbocycles. The van der Waals surface area contributed by atoms with Crippen LogP contribution in [-0.2, 0) is 4.79 Å². The number of carbonyl (C=O) groups is 2. The van der Waals surface area contributed by atoms with Crippen LogP contribution in [0.25, 0.3) is 0 Å². The maximum atomic E-state index is 12.6. The first-order chi connectivity index (χ1) is 12.0. The second-order valence-electron chi connectivity index (χ2n) is 5.99. The summed E-state index contributed by atoms with van der Waals surface area (Å²) in [5.41, 5.74) is 1.55. The summed E-state index contributed by atoms with van der Waals surface area (Å²) in [5.74, 6) is 0.228. The highest BCUT2D eigenvalue weighted by Gasteiger charge is 2.35. The summed E-state index contributed by atoms with van der Waals surface area (Å²) < 4.78 is 5.35. The number of anilines is 1. The third-order valence-corrected chi connectivity index (χ3v) is 4.58. The van der Waals surface area contributed by atoms with E-state index in [9.17, 15) is 9.59 Å². The van der Waals surface area contributed by atoms with Gasteiger partial charge in [0, 0.05) is 17.3 Å². The molecule has 3 rings (SSSR count). The second kappa shape index (κ2) is 7.57. The Kier molecular flexibility index (Phi) is 5.24. The van der Waals surface area contributed by atoms with E-state index in [1.807, 2.05) is 19.1 Å². The maximum Gasteiger partial charge on any atom is 0.415 e. The van der Waals surface area contributed by atoms with Gasteiger partial charge in [-0.3, -0.25) is 9.69 Å². The van der Waals surface area contributed by atoms with Gasteiger partial charge in [0.2, 0.25) is 5.91 Å². The number of nitrogens with one attached hydrogen (secondary N) is 1. The Morgan fingerprint density at radius 1 is 1.20 bits per heavy atom. The van der Waals surface area contributed by atoms with Crippen molar-refractivity contribution in [2.75, 3.05) is 11.9 Å². The van der Waals surface area contributed by atoms with Crippen LogP contribution >= 0.6 is 11.6 Å². The topological polar surface area (TPSA) is 58.6 Å². The van der Waals surface area contributed by atoms with E-state index in [-0.39, 0.29) is 5.91 Å². The zero-order valence-corrected chi connectivity index (χ0v) is 14.6. The maximum absolute atomic E-state index is 12.6. The highest BCUT2D eigenvalue weighted by Crippen LogP contribution is 2.23. The Labute approximate surface area is 151 Å². The number of carbonyl (C=O) groups excluding carboxylic acids is 2. The Balaban J connectivity index is 1.66. The lowest BCUT2D eigenvalue weighted by Crippen LogP contribution is -2.44. The molecular formula is C19H19ClN2O3. The molecule has 1 aliphatic heterocycles. The Hall–Kier alpha value is -2.53. The van der Waals surface area contributed by atoms with Crippen molar-refractivity contribution in [1.29, 1.82) is 0 Å². The van der Waals surface area contributed by atoms with E-state index in [2.05, 4.69) is 5.32 Å². The molecule has 0 unspecified atom stereocenters. The van der Waals surface area contributed by atoms with Crippen molar-refractivity contribution in [2.24, 2.45) is 0 Å². The van der Waals surface area contributed by atoms with Crippen molar-refractivity contribution >= 4 is 29.3 Å². The van der Waals surface area contributed by atoms with Crippen LogP contribution in [-0.4, -0.2) is 29.5 Å². The molecule has 1 aliphatic rings. The van der Waals surface area contributed by atoms with Gasteiger partial charge in [-0.1, -0.05) is 35.9 Å². The predicted octanol–water partition coefficient (Wildman–Crippen LogP) is 4.25. The molecule has 1 N–H and O–H groups in total. The molecule has 0 aromatic heterocycles. The normalized spacial score (nSPS) is 16.6. The fourth-order valence-corrected chi connectivity index (χ4v) is 2.98. The number of rotatable bonds is 3. The van der Waals surface area contributed by atoms with Gasteiger partial charge >= 0.3 is 6.09 Å². The molecule has 0 radical (unpaired) electrons. The summed E-state index contributed by atoms with van der Waals surface area (Å²) in [7, 11) is 0. The molecule has 1 fully saturated rings. The second-order valence-corrected chi connectivity index (χ2v) is 6.39. The molecule has 6 heteroatoms. The summed E-state index contributed by atoms with van der Waals surface area (Å²) in [5, 5.41) is 3.42. The number of nitrogens with zero attached hydrogens (tertiary/aromatic N) is 1. The van der Waals surface area contributed by atoms with Gasteiger partial charge in [-0.2, -0.15) is 0 Å². The number of amides is 2. The molecule has 0 spiro atoms. The van der Waals surface area contributed by atoms with E-state index in [1.54, 1.807) is 36.4 Å². The molecule has 1 saturated heterocycles. The van der Waals surface area contributed by atoms with Crippen molar-refractivity contribution in [3.8, 4) is 5.75 Å². The molecule has 5 nitrogen and oxygen atoms in total. The quantitative estimate of drug-likeness (QED) is 0.892. The average molecular weight is 359 g/mol. The number of hydrogen-bond donors (Lipinski definition) is 1. The fraction of sp³-hybridized carbons (Fsp3) is 0.263. The number of ether oxygens (including phenoxy) is 1. The van der Waals surface area contributed by atoms with Crippen LogP contribution in [0, 0.1) is 6.92 Å². The van der Waals surface area contributed by atoms with Crippen molar-refractivity contribution < 1.29 is 14.3 Å². The first-order valence-electron chi connectivity index (χ1n) is 8.15. The van der Waals surface area contributed by atoms with E-state index in [0.717, 1.165) is 12.0 Å². The summed E-state index contributed by atoms with van der Waals surface area (Å²) >= 11 is 6.09.